The number of amides is 3. The van der Waals surface area contributed by atoms with E-state index in [-0.39, 0.29) is 17.9 Å². The highest BCUT2D eigenvalue weighted by atomic mass is 35.5. The number of benzene rings is 3. The topological polar surface area (TPSA) is 91.8 Å². The second kappa shape index (κ2) is 11.3. The zero-order chi connectivity index (χ0) is 25.4. The summed E-state index contributed by atoms with van der Waals surface area (Å²) in [7, 11) is 0. The van der Waals surface area contributed by atoms with Crippen molar-refractivity contribution in [3.05, 3.63) is 94.8 Å². The molecule has 0 saturated heterocycles. The molecule has 0 aliphatic rings. The molecule has 3 rings (SSSR count). The molecule has 0 unspecified atom stereocenters. The number of hydrazone groups is 1. The van der Waals surface area contributed by atoms with E-state index in [0.717, 1.165) is 12.1 Å². The lowest BCUT2D eigenvalue weighted by Gasteiger charge is -2.11. The van der Waals surface area contributed by atoms with Crippen LogP contribution in [0.1, 0.15) is 15.9 Å². The highest BCUT2D eigenvalue weighted by Gasteiger charge is 2.30. The number of ether oxygens (including phenoxy) is 1. The standard InChI is InChI=1S/C23H17ClF4N4O3/c24-16-5-1-4-15(11-16)21(33)29-13-20(14-3-2-6-17(25)12-14)31-32-22(34)30-18-7-9-19(10-8-18)35-23(26,27)28/h1-12H,13H2,(H,29,33)(H2,30,32,34)/b31-20-. The molecule has 182 valence electrons. The molecule has 3 aromatic rings. The monoisotopic (exact) mass is 508 g/mol. The van der Waals surface area contributed by atoms with Crippen molar-refractivity contribution in [1.82, 2.24) is 10.7 Å². The molecule has 3 amide bonds. The van der Waals surface area contributed by atoms with E-state index in [9.17, 15) is 27.2 Å². The van der Waals surface area contributed by atoms with Crippen LogP contribution in [0.2, 0.25) is 5.02 Å². The minimum Gasteiger partial charge on any atom is -0.406 e. The fourth-order valence-electron chi connectivity index (χ4n) is 2.79. The molecular weight excluding hydrogens is 492 g/mol. The van der Waals surface area contributed by atoms with Crippen molar-refractivity contribution in [2.75, 3.05) is 11.9 Å². The molecule has 0 aromatic heterocycles. The highest BCUT2D eigenvalue weighted by molar-refractivity contribution is 6.31. The Morgan fingerprint density at radius 2 is 1.63 bits per heavy atom. The summed E-state index contributed by atoms with van der Waals surface area (Å²) in [5.74, 6) is -1.48. The number of alkyl halides is 3. The third-order valence-corrected chi connectivity index (χ3v) is 4.53. The van der Waals surface area contributed by atoms with E-state index >= 15 is 0 Å². The Bertz CT molecular complexity index is 1230. The van der Waals surface area contributed by atoms with Crippen LogP contribution in [0.5, 0.6) is 5.75 Å². The fourth-order valence-corrected chi connectivity index (χ4v) is 2.98. The predicted octanol–water partition coefficient (Wildman–Crippen LogP) is 5.33. The van der Waals surface area contributed by atoms with Gasteiger partial charge in [-0.15, -0.1) is 13.2 Å². The molecule has 0 fully saturated rings. The third-order valence-electron chi connectivity index (χ3n) is 4.30. The number of nitrogens with one attached hydrogen (secondary N) is 3. The molecule has 3 aromatic carbocycles. The van der Waals surface area contributed by atoms with Gasteiger partial charge in [-0.2, -0.15) is 5.10 Å². The van der Waals surface area contributed by atoms with Gasteiger partial charge in [0.1, 0.15) is 11.6 Å². The Morgan fingerprint density at radius 3 is 2.29 bits per heavy atom. The second-order valence-corrected chi connectivity index (χ2v) is 7.34. The van der Waals surface area contributed by atoms with Crippen molar-refractivity contribution in [3.63, 3.8) is 0 Å². The van der Waals surface area contributed by atoms with Crippen molar-refractivity contribution in [2.45, 2.75) is 6.36 Å². The average Bonchev–Trinajstić information content (AvgIpc) is 2.79. The van der Waals surface area contributed by atoms with Gasteiger partial charge in [0.2, 0.25) is 0 Å². The normalized spacial score (nSPS) is 11.5. The number of nitrogens with zero attached hydrogens (tertiary/aromatic N) is 1. The van der Waals surface area contributed by atoms with Crippen LogP contribution in [-0.2, 0) is 0 Å². The molecule has 0 spiro atoms. The van der Waals surface area contributed by atoms with Crippen molar-refractivity contribution < 1.29 is 31.9 Å². The van der Waals surface area contributed by atoms with E-state index in [1.165, 1.54) is 42.5 Å². The molecule has 0 radical (unpaired) electrons. The van der Waals surface area contributed by atoms with E-state index in [0.29, 0.717) is 16.1 Å². The molecular formula is C23H17ClF4N4O3. The molecule has 0 saturated carbocycles. The van der Waals surface area contributed by atoms with Crippen LogP contribution in [0.4, 0.5) is 28.0 Å². The molecule has 0 aliphatic heterocycles. The summed E-state index contributed by atoms with van der Waals surface area (Å²) in [5.41, 5.74) is 3.08. The van der Waals surface area contributed by atoms with E-state index in [4.69, 9.17) is 11.6 Å². The molecule has 12 heteroatoms. The van der Waals surface area contributed by atoms with Crippen molar-refractivity contribution in [1.29, 1.82) is 0 Å². The van der Waals surface area contributed by atoms with Crippen LogP contribution in [0, 0.1) is 5.82 Å². The van der Waals surface area contributed by atoms with Gasteiger partial charge in [-0.25, -0.2) is 14.6 Å². The zero-order valence-corrected chi connectivity index (χ0v) is 18.5. The number of anilines is 1. The Kier molecular flexibility index (Phi) is 8.26. The van der Waals surface area contributed by atoms with Crippen LogP contribution >= 0.6 is 11.6 Å². The van der Waals surface area contributed by atoms with Gasteiger partial charge >= 0.3 is 12.4 Å². The van der Waals surface area contributed by atoms with Gasteiger partial charge in [-0.3, -0.25) is 4.79 Å². The van der Waals surface area contributed by atoms with Gasteiger partial charge in [0, 0.05) is 21.8 Å². The lowest BCUT2D eigenvalue weighted by atomic mass is 10.1. The number of halogens is 5. The van der Waals surface area contributed by atoms with Gasteiger partial charge in [0.05, 0.1) is 12.3 Å². The zero-order valence-electron chi connectivity index (χ0n) is 17.7. The summed E-state index contributed by atoms with van der Waals surface area (Å²) in [6, 6.07) is 15.2. The molecule has 0 bridgehead atoms. The lowest BCUT2D eigenvalue weighted by Crippen LogP contribution is -2.33. The van der Waals surface area contributed by atoms with E-state index in [1.807, 2.05) is 0 Å². The van der Waals surface area contributed by atoms with E-state index < -0.39 is 29.9 Å². The summed E-state index contributed by atoms with van der Waals surface area (Å²) in [6.07, 6.45) is -4.84. The SMILES string of the molecule is O=C(N/N=C(/CNC(=O)c1cccc(Cl)c1)c1cccc(F)c1)Nc1ccc(OC(F)(F)F)cc1. The molecule has 0 aliphatic carbocycles. The van der Waals surface area contributed by atoms with Gasteiger partial charge in [0.15, 0.2) is 0 Å². The average molecular weight is 509 g/mol. The maximum atomic E-state index is 13.7. The molecule has 3 N–H and O–H groups in total. The molecule has 0 atom stereocenters. The highest BCUT2D eigenvalue weighted by Crippen LogP contribution is 2.23. The first-order chi connectivity index (χ1) is 16.6. The first kappa shape index (κ1) is 25.5. The minimum absolute atomic E-state index is 0.129. The molecule has 35 heavy (non-hydrogen) atoms. The number of rotatable bonds is 7. The van der Waals surface area contributed by atoms with Gasteiger partial charge in [-0.05, 0) is 54.6 Å². The van der Waals surface area contributed by atoms with E-state index in [2.05, 4.69) is 25.9 Å². The largest absolute Gasteiger partial charge is 0.573 e. The maximum Gasteiger partial charge on any atom is 0.573 e. The van der Waals surface area contributed by atoms with Crippen molar-refractivity contribution in [2.24, 2.45) is 5.10 Å². The Hall–Kier alpha value is -4.12. The van der Waals surface area contributed by atoms with Crippen molar-refractivity contribution in [3.8, 4) is 5.75 Å². The first-order valence-electron chi connectivity index (χ1n) is 9.88. The number of urea groups is 1. The number of carbonyl (C=O) groups excluding carboxylic acids is 2. The van der Waals surface area contributed by atoms with Crippen LogP contribution in [0.15, 0.2) is 77.9 Å². The quantitative estimate of drug-likeness (QED) is 0.229. The van der Waals surface area contributed by atoms with Gasteiger partial charge in [0.25, 0.3) is 5.91 Å². The summed E-state index contributed by atoms with van der Waals surface area (Å²) >= 11 is 5.90. The summed E-state index contributed by atoms with van der Waals surface area (Å²) in [5, 5.41) is 9.31. The Balaban J connectivity index is 1.68. The smallest absolute Gasteiger partial charge is 0.406 e. The van der Waals surface area contributed by atoms with Crippen LogP contribution < -0.4 is 20.8 Å². The van der Waals surface area contributed by atoms with Gasteiger partial charge in [-0.1, -0.05) is 29.8 Å². The predicted molar refractivity (Wildman–Crippen MR) is 122 cm³/mol. The first-order valence-corrected chi connectivity index (χ1v) is 10.3. The Labute approximate surface area is 201 Å². The maximum absolute atomic E-state index is 13.7. The van der Waals surface area contributed by atoms with Crippen LogP contribution in [0.25, 0.3) is 0 Å². The Morgan fingerprint density at radius 1 is 0.943 bits per heavy atom. The second-order valence-electron chi connectivity index (χ2n) is 6.90. The molecule has 7 nitrogen and oxygen atoms in total. The fraction of sp³-hybridized carbons (Fsp3) is 0.0870. The summed E-state index contributed by atoms with van der Waals surface area (Å²) in [4.78, 5) is 24.6. The third kappa shape index (κ3) is 8.31. The number of hydrogen-bond donors (Lipinski definition) is 3. The molecule has 0 heterocycles. The van der Waals surface area contributed by atoms with E-state index in [1.54, 1.807) is 18.2 Å². The number of hydrogen-bond acceptors (Lipinski definition) is 4. The van der Waals surface area contributed by atoms with Crippen LogP contribution in [0.3, 0.4) is 0 Å². The number of carbonyl (C=O) groups is 2. The summed E-state index contributed by atoms with van der Waals surface area (Å²) in [6.45, 7) is -0.168. The summed E-state index contributed by atoms with van der Waals surface area (Å²) < 4.78 is 54.2. The van der Waals surface area contributed by atoms with Crippen LogP contribution in [-0.4, -0.2) is 30.6 Å². The van der Waals surface area contributed by atoms with Gasteiger partial charge < -0.3 is 15.4 Å². The lowest BCUT2D eigenvalue weighted by molar-refractivity contribution is -0.274. The van der Waals surface area contributed by atoms with Crippen molar-refractivity contribution >= 4 is 34.9 Å². The minimum atomic E-state index is -4.84.